The summed E-state index contributed by atoms with van der Waals surface area (Å²) in [6, 6.07) is 10.7. The molecule has 21 heavy (non-hydrogen) atoms. The van der Waals surface area contributed by atoms with Crippen molar-refractivity contribution in [1.82, 2.24) is 4.90 Å². The number of allylic oxidation sites excluding steroid dienone is 1. The lowest BCUT2D eigenvalue weighted by Gasteiger charge is -2.35. The molecule has 2 heterocycles. The van der Waals surface area contributed by atoms with E-state index in [1.54, 1.807) is 11.3 Å². The van der Waals surface area contributed by atoms with Crippen LogP contribution in [-0.4, -0.2) is 17.3 Å². The lowest BCUT2D eigenvalue weighted by Crippen LogP contribution is -2.33. The summed E-state index contributed by atoms with van der Waals surface area (Å²) >= 11 is 13.9. The van der Waals surface area contributed by atoms with Crippen molar-refractivity contribution in [2.45, 2.75) is 19.4 Å². The van der Waals surface area contributed by atoms with E-state index in [-0.39, 0.29) is 0 Å². The average molecular weight is 338 g/mol. The molecule has 110 valence electrons. The predicted octanol–water partition coefficient (Wildman–Crippen LogP) is 5.41. The van der Waals surface area contributed by atoms with Gasteiger partial charge in [-0.2, -0.15) is 0 Å². The molecule has 0 fully saturated rings. The zero-order valence-corrected chi connectivity index (χ0v) is 14.2. The number of rotatable bonds is 3. The second kappa shape index (κ2) is 6.04. The Kier molecular flexibility index (Phi) is 4.30. The van der Waals surface area contributed by atoms with Gasteiger partial charge in [-0.05, 0) is 29.7 Å². The maximum Gasteiger partial charge on any atom is 0.0934 e. The first-order chi connectivity index (χ1) is 10.1. The molecule has 0 spiro atoms. The van der Waals surface area contributed by atoms with Gasteiger partial charge in [-0.3, -0.25) is 0 Å². The van der Waals surface area contributed by atoms with Crippen molar-refractivity contribution in [3.8, 4) is 0 Å². The Morgan fingerprint density at radius 3 is 2.86 bits per heavy atom. The SMILES string of the molecule is C=C(CCl)N1Cc2sc(Cl)cc2C(c2ccccc2C)C1. The second-order valence-electron chi connectivity index (χ2n) is 5.42. The molecule has 3 rings (SSSR count). The summed E-state index contributed by atoms with van der Waals surface area (Å²) < 4.78 is 0.858. The van der Waals surface area contributed by atoms with Crippen LogP contribution in [-0.2, 0) is 6.54 Å². The first-order valence-corrected chi connectivity index (χ1v) is 8.65. The van der Waals surface area contributed by atoms with Crippen LogP contribution in [0.2, 0.25) is 4.34 Å². The van der Waals surface area contributed by atoms with Gasteiger partial charge in [0.25, 0.3) is 0 Å². The van der Waals surface area contributed by atoms with Gasteiger partial charge in [0.2, 0.25) is 0 Å². The third-order valence-electron chi connectivity index (χ3n) is 4.09. The van der Waals surface area contributed by atoms with E-state index in [1.807, 2.05) is 0 Å². The summed E-state index contributed by atoms with van der Waals surface area (Å²) in [4.78, 5) is 3.60. The molecule has 1 unspecified atom stereocenters. The largest absolute Gasteiger partial charge is 0.368 e. The Bertz CT molecular complexity index is 677. The Morgan fingerprint density at radius 2 is 2.14 bits per heavy atom. The van der Waals surface area contributed by atoms with Crippen LogP contribution in [0.4, 0.5) is 0 Å². The molecule has 0 saturated carbocycles. The summed E-state index contributed by atoms with van der Waals surface area (Å²) in [5.41, 5.74) is 5.01. The van der Waals surface area contributed by atoms with Crippen molar-refractivity contribution >= 4 is 34.5 Å². The molecule has 1 nitrogen and oxygen atoms in total. The molecule has 0 radical (unpaired) electrons. The normalized spacial score (nSPS) is 17.7. The van der Waals surface area contributed by atoms with Gasteiger partial charge in [-0.15, -0.1) is 22.9 Å². The van der Waals surface area contributed by atoms with Crippen LogP contribution in [0.25, 0.3) is 0 Å². The molecule has 0 aliphatic carbocycles. The fourth-order valence-corrected chi connectivity index (χ4v) is 4.48. The lowest BCUT2D eigenvalue weighted by atomic mass is 9.86. The molecular formula is C17H17Cl2NS. The Hall–Kier alpha value is -0.960. The van der Waals surface area contributed by atoms with E-state index in [0.717, 1.165) is 23.1 Å². The number of thiophene rings is 1. The molecule has 2 aromatic rings. The number of hydrogen-bond acceptors (Lipinski definition) is 2. The molecule has 0 bridgehead atoms. The second-order valence-corrected chi connectivity index (χ2v) is 7.45. The smallest absolute Gasteiger partial charge is 0.0934 e. The van der Waals surface area contributed by atoms with Crippen molar-refractivity contribution < 1.29 is 0 Å². The minimum Gasteiger partial charge on any atom is -0.368 e. The fourth-order valence-electron chi connectivity index (χ4n) is 2.95. The van der Waals surface area contributed by atoms with E-state index in [9.17, 15) is 0 Å². The fraction of sp³-hybridized carbons (Fsp3) is 0.294. The number of halogens is 2. The van der Waals surface area contributed by atoms with Crippen molar-refractivity contribution in [1.29, 1.82) is 0 Å². The van der Waals surface area contributed by atoms with Crippen LogP contribution in [0.3, 0.4) is 0 Å². The third-order valence-corrected chi connectivity index (χ3v) is 5.66. The number of hydrogen-bond donors (Lipinski definition) is 0. The monoisotopic (exact) mass is 337 g/mol. The van der Waals surface area contributed by atoms with Crippen LogP contribution in [0.15, 0.2) is 42.6 Å². The number of aryl methyl sites for hydroxylation is 1. The average Bonchev–Trinajstić information content (AvgIpc) is 2.86. The third kappa shape index (κ3) is 2.85. The van der Waals surface area contributed by atoms with E-state index in [0.29, 0.717) is 11.8 Å². The van der Waals surface area contributed by atoms with Gasteiger partial charge >= 0.3 is 0 Å². The summed E-state index contributed by atoms with van der Waals surface area (Å²) in [5, 5.41) is 0. The molecule has 1 aromatic carbocycles. The summed E-state index contributed by atoms with van der Waals surface area (Å²) in [6.07, 6.45) is 0. The van der Waals surface area contributed by atoms with E-state index in [2.05, 4.69) is 48.7 Å². The van der Waals surface area contributed by atoms with Crippen molar-refractivity contribution in [2.24, 2.45) is 0 Å². The maximum atomic E-state index is 6.26. The Morgan fingerprint density at radius 1 is 1.38 bits per heavy atom. The zero-order valence-electron chi connectivity index (χ0n) is 11.9. The highest BCUT2D eigenvalue weighted by Crippen LogP contribution is 2.41. The highest BCUT2D eigenvalue weighted by Gasteiger charge is 2.29. The Labute approximate surface area is 139 Å². The molecule has 1 atom stereocenters. The number of fused-ring (bicyclic) bond motifs is 1. The first kappa shape index (κ1) is 15.0. The van der Waals surface area contributed by atoms with Gasteiger partial charge in [0.15, 0.2) is 0 Å². The zero-order chi connectivity index (χ0) is 15.0. The van der Waals surface area contributed by atoms with Crippen molar-refractivity contribution in [3.63, 3.8) is 0 Å². The lowest BCUT2D eigenvalue weighted by molar-refractivity contribution is 0.311. The molecule has 1 aliphatic rings. The van der Waals surface area contributed by atoms with E-state index >= 15 is 0 Å². The van der Waals surface area contributed by atoms with Gasteiger partial charge in [0.1, 0.15) is 0 Å². The molecule has 1 aromatic heterocycles. The summed E-state index contributed by atoms with van der Waals surface area (Å²) in [7, 11) is 0. The number of alkyl halides is 1. The van der Waals surface area contributed by atoms with Gasteiger partial charge in [0, 0.05) is 23.0 Å². The first-order valence-electron chi connectivity index (χ1n) is 6.92. The van der Waals surface area contributed by atoms with Crippen LogP contribution in [0.5, 0.6) is 0 Å². The highest BCUT2D eigenvalue weighted by molar-refractivity contribution is 7.16. The van der Waals surface area contributed by atoms with Crippen LogP contribution in [0.1, 0.15) is 27.5 Å². The quantitative estimate of drug-likeness (QED) is 0.677. The van der Waals surface area contributed by atoms with Crippen LogP contribution < -0.4 is 0 Å². The van der Waals surface area contributed by atoms with Gasteiger partial charge in [0.05, 0.1) is 16.8 Å². The van der Waals surface area contributed by atoms with Crippen LogP contribution >= 0.6 is 34.5 Å². The molecule has 1 aliphatic heterocycles. The molecule has 0 N–H and O–H groups in total. The van der Waals surface area contributed by atoms with Crippen molar-refractivity contribution in [2.75, 3.05) is 12.4 Å². The van der Waals surface area contributed by atoms with E-state index in [4.69, 9.17) is 23.2 Å². The molecule has 4 heteroatoms. The maximum absolute atomic E-state index is 6.26. The van der Waals surface area contributed by atoms with Gasteiger partial charge in [-0.25, -0.2) is 0 Å². The number of benzene rings is 1. The van der Waals surface area contributed by atoms with Gasteiger partial charge in [-0.1, -0.05) is 42.4 Å². The summed E-state index contributed by atoms with van der Waals surface area (Å²) in [6.45, 7) is 8.03. The van der Waals surface area contributed by atoms with E-state index < -0.39 is 0 Å². The topological polar surface area (TPSA) is 3.24 Å². The summed E-state index contributed by atoms with van der Waals surface area (Å²) in [5.74, 6) is 0.799. The molecule has 0 amide bonds. The van der Waals surface area contributed by atoms with Crippen LogP contribution in [0, 0.1) is 6.92 Å². The predicted molar refractivity (Wildman–Crippen MR) is 92.6 cm³/mol. The molecule has 0 saturated heterocycles. The standard InChI is InChI=1S/C17H17Cl2NS/c1-11-5-3-4-6-13(11)15-9-20(12(2)8-18)10-16-14(15)7-17(19)21-16/h3-7,15H,2,8-10H2,1H3. The minimum absolute atomic E-state index is 0.332. The van der Waals surface area contributed by atoms with E-state index in [1.165, 1.54) is 21.6 Å². The molecular weight excluding hydrogens is 321 g/mol. The highest BCUT2D eigenvalue weighted by atomic mass is 35.5. The minimum atomic E-state index is 0.332. The van der Waals surface area contributed by atoms with Gasteiger partial charge < -0.3 is 4.90 Å². The Balaban J connectivity index is 2.06. The number of nitrogens with zero attached hydrogens (tertiary/aromatic N) is 1. The van der Waals surface area contributed by atoms with Crippen molar-refractivity contribution in [3.05, 3.63) is 68.5 Å².